The summed E-state index contributed by atoms with van der Waals surface area (Å²) in [4.78, 5) is 23.6. The average molecular weight is 444 g/mol. The number of benzene rings is 2. The maximum absolute atomic E-state index is 13.5. The first kappa shape index (κ1) is 23.6. The molecule has 0 radical (unpaired) electrons. The van der Waals surface area contributed by atoms with Gasteiger partial charge in [-0.05, 0) is 42.8 Å². The topological polar surface area (TPSA) is 76.7 Å². The van der Waals surface area contributed by atoms with Crippen LogP contribution in [0.25, 0.3) is 6.08 Å². The summed E-state index contributed by atoms with van der Waals surface area (Å²) in [6.45, 7) is -1.76. The Morgan fingerprint density at radius 1 is 1.06 bits per heavy atom. The minimum absolute atomic E-state index is 0.0540. The molecular weight excluding hydrogens is 427 g/mol. The van der Waals surface area contributed by atoms with Crippen LogP contribution in [0.5, 0.6) is 11.5 Å². The standard InChI is InChI=1S/C20H17F5N2O4/c1-2-30-15-9-11(3-7-14(15)31-20(24)25)4-8-16(28)26-10-17(29)27-13-6-5-12(21)18(22)19(13)23/h3-9,20H,2,10H2,1H3,(H,26,28)(H,27,29)/b8-4+. The Balaban J connectivity index is 1.94. The predicted molar refractivity (Wildman–Crippen MR) is 101 cm³/mol. The van der Waals surface area contributed by atoms with Gasteiger partial charge in [0.25, 0.3) is 0 Å². The average Bonchev–Trinajstić information content (AvgIpc) is 2.72. The van der Waals surface area contributed by atoms with Crippen molar-refractivity contribution in [1.29, 1.82) is 0 Å². The number of hydrogen-bond acceptors (Lipinski definition) is 4. The lowest BCUT2D eigenvalue weighted by Gasteiger charge is -2.11. The van der Waals surface area contributed by atoms with Crippen LogP contribution < -0.4 is 20.1 Å². The van der Waals surface area contributed by atoms with Crippen LogP contribution in [-0.2, 0) is 9.59 Å². The van der Waals surface area contributed by atoms with Gasteiger partial charge in [-0.15, -0.1) is 0 Å². The third-order valence-electron chi connectivity index (χ3n) is 3.64. The van der Waals surface area contributed by atoms with E-state index in [-0.39, 0.29) is 18.1 Å². The first-order valence-corrected chi connectivity index (χ1v) is 8.82. The zero-order valence-corrected chi connectivity index (χ0v) is 16.1. The second-order valence-electron chi connectivity index (χ2n) is 5.84. The van der Waals surface area contributed by atoms with Crippen molar-refractivity contribution in [2.75, 3.05) is 18.5 Å². The molecule has 0 aliphatic carbocycles. The summed E-state index contributed by atoms with van der Waals surface area (Å²) in [5.74, 6) is -6.40. The molecule has 0 fully saturated rings. The largest absolute Gasteiger partial charge is 0.490 e. The third-order valence-corrected chi connectivity index (χ3v) is 3.64. The van der Waals surface area contributed by atoms with Crippen LogP contribution in [0.2, 0.25) is 0 Å². The van der Waals surface area contributed by atoms with Crippen molar-refractivity contribution in [3.63, 3.8) is 0 Å². The van der Waals surface area contributed by atoms with E-state index in [1.807, 2.05) is 5.32 Å². The third kappa shape index (κ3) is 6.98. The highest BCUT2D eigenvalue weighted by Crippen LogP contribution is 2.30. The maximum Gasteiger partial charge on any atom is 0.387 e. The molecular formula is C20H17F5N2O4. The van der Waals surface area contributed by atoms with Crippen LogP contribution in [0.3, 0.4) is 0 Å². The molecule has 0 aliphatic heterocycles. The molecule has 6 nitrogen and oxygen atoms in total. The summed E-state index contributed by atoms with van der Waals surface area (Å²) in [6, 6.07) is 5.51. The number of ether oxygens (including phenoxy) is 2. The molecule has 2 aromatic rings. The second kappa shape index (κ2) is 11.0. The Morgan fingerprint density at radius 3 is 2.48 bits per heavy atom. The molecule has 0 heterocycles. The number of amides is 2. The first-order chi connectivity index (χ1) is 14.7. The van der Waals surface area contributed by atoms with Gasteiger partial charge in [0, 0.05) is 6.08 Å². The Kier molecular flexibility index (Phi) is 8.35. The number of alkyl halides is 2. The summed E-state index contributed by atoms with van der Waals surface area (Å²) in [7, 11) is 0. The molecule has 0 aliphatic rings. The van der Waals surface area contributed by atoms with Crippen LogP contribution in [0, 0.1) is 17.5 Å². The zero-order chi connectivity index (χ0) is 23.0. The summed E-state index contributed by atoms with van der Waals surface area (Å²) in [6.07, 6.45) is 2.39. The predicted octanol–water partition coefficient (Wildman–Crippen LogP) is 3.87. The molecule has 0 saturated heterocycles. The molecule has 2 amide bonds. The number of carbonyl (C=O) groups is 2. The smallest absolute Gasteiger partial charge is 0.387 e. The number of halogens is 5. The van der Waals surface area contributed by atoms with Crippen molar-refractivity contribution in [1.82, 2.24) is 5.32 Å². The van der Waals surface area contributed by atoms with Crippen molar-refractivity contribution in [2.24, 2.45) is 0 Å². The second-order valence-corrected chi connectivity index (χ2v) is 5.84. The van der Waals surface area contributed by atoms with Crippen molar-refractivity contribution < 1.29 is 41.0 Å². The first-order valence-electron chi connectivity index (χ1n) is 8.82. The number of rotatable bonds is 9. The SMILES string of the molecule is CCOc1cc(/C=C/C(=O)NCC(=O)Nc2ccc(F)c(F)c2F)ccc1OC(F)F. The van der Waals surface area contributed by atoms with E-state index in [4.69, 9.17) is 4.74 Å². The molecule has 2 N–H and O–H groups in total. The van der Waals surface area contributed by atoms with E-state index in [1.54, 1.807) is 6.92 Å². The highest BCUT2D eigenvalue weighted by molar-refractivity contribution is 5.98. The lowest BCUT2D eigenvalue weighted by molar-refractivity contribution is -0.121. The number of hydrogen-bond donors (Lipinski definition) is 2. The summed E-state index contributed by atoms with van der Waals surface area (Å²) in [5.41, 5.74) is -0.156. The quantitative estimate of drug-likeness (QED) is 0.350. The lowest BCUT2D eigenvalue weighted by atomic mass is 10.2. The van der Waals surface area contributed by atoms with Crippen LogP contribution in [-0.4, -0.2) is 31.6 Å². The van der Waals surface area contributed by atoms with E-state index in [1.165, 1.54) is 24.3 Å². The molecule has 2 aromatic carbocycles. The highest BCUT2D eigenvalue weighted by Gasteiger charge is 2.15. The number of nitrogens with one attached hydrogen (secondary N) is 2. The van der Waals surface area contributed by atoms with E-state index in [0.717, 1.165) is 12.1 Å². The Hall–Kier alpha value is -3.63. The Bertz CT molecular complexity index is 982. The molecule has 2 rings (SSSR count). The van der Waals surface area contributed by atoms with Crippen LogP contribution >= 0.6 is 0 Å². The fourth-order valence-corrected chi connectivity index (χ4v) is 2.31. The van der Waals surface area contributed by atoms with Crippen molar-refractivity contribution in [3.05, 3.63) is 59.4 Å². The summed E-state index contributed by atoms with van der Waals surface area (Å²) < 4.78 is 73.9. The Labute approximate surface area is 173 Å². The van der Waals surface area contributed by atoms with Crippen molar-refractivity contribution in [2.45, 2.75) is 13.5 Å². The van der Waals surface area contributed by atoms with Crippen LogP contribution in [0.15, 0.2) is 36.4 Å². The molecule has 0 aromatic heterocycles. The van der Waals surface area contributed by atoms with Gasteiger partial charge in [0.15, 0.2) is 29.0 Å². The Morgan fingerprint density at radius 2 is 1.81 bits per heavy atom. The van der Waals surface area contributed by atoms with Gasteiger partial charge < -0.3 is 20.1 Å². The molecule has 11 heteroatoms. The minimum atomic E-state index is -3.03. The summed E-state index contributed by atoms with van der Waals surface area (Å²) >= 11 is 0. The summed E-state index contributed by atoms with van der Waals surface area (Å²) in [5, 5.41) is 4.21. The monoisotopic (exact) mass is 444 g/mol. The van der Waals surface area contributed by atoms with Crippen molar-refractivity contribution >= 4 is 23.6 Å². The van der Waals surface area contributed by atoms with Gasteiger partial charge in [-0.2, -0.15) is 8.78 Å². The maximum atomic E-state index is 13.5. The van der Waals surface area contributed by atoms with Gasteiger partial charge >= 0.3 is 6.61 Å². The highest BCUT2D eigenvalue weighted by atomic mass is 19.3. The van der Waals surface area contributed by atoms with Gasteiger partial charge in [-0.3, -0.25) is 9.59 Å². The van der Waals surface area contributed by atoms with E-state index in [0.29, 0.717) is 11.6 Å². The van der Waals surface area contributed by atoms with E-state index in [9.17, 15) is 31.5 Å². The fourth-order valence-electron chi connectivity index (χ4n) is 2.31. The van der Waals surface area contributed by atoms with Gasteiger partial charge in [0.2, 0.25) is 11.8 Å². The molecule has 0 spiro atoms. The lowest BCUT2D eigenvalue weighted by Crippen LogP contribution is -2.32. The minimum Gasteiger partial charge on any atom is -0.490 e. The molecule has 31 heavy (non-hydrogen) atoms. The van der Waals surface area contributed by atoms with Gasteiger partial charge in [-0.25, -0.2) is 13.2 Å². The van der Waals surface area contributed by atoms with Gasteiger partial charge in [-0.1, -0.05) is 6.07 Å². The van der Waals surface area contributed by atoms with Crippen molar-refractivity contribution in [3.8, 4) is 11.5 Å². The normalized spacial score (nSPS) is 10.9. The van der Waals surface area contributed by atoms with Gasteiger partial charge in [0.05, 0.1) is 18.8 Å². The molecule has 0 saturated carbocycles. The van der Waals surface area contributed by atoms with E-state index < -0.39 is 48.1 Å². The van der Waals surface area contributed by atoms with E-state index in [2.05, 4.69) is 10.1 Å². The number of anilines is 1. The zero-order valence-electron chi connectivity index (χ0n) is 16.1. The van der Waals surface area contributed by atoms with Gasteiger partial charge in [0.1, 0.15) is 0 Å². The van der Waals surface area contributed by atoms with Crippen LogP contribution in [0.1, 0.15) is 12.5 Å². The van der Waals surface area contributed by atoms with E-state index >= 15 is 0 Å². The molecule has 0 bridgehead atoms. The molecule has 166 valence electrons. The molecule has 0 atom stereocenters. The number of carbonyl (C=O) groups excluding carboxylic acids is 2. The fraction of sp³-hybridized carbons (Fsp3) is 0.200. The van der Waals surface area contributed by atoms with Crippen LogP contribution in [0.4, 0.5) is 27.6 Å². The molecule has 0 unspecified atom stereocenters.